The van der Waals surface area contributed by atoms with Crippen molar-refractivity contribution in [1.82, 2.24) is 0 Å². The monoisotopic (exact) mass is 344 g/mol. The minimum atomic E-state index is -9.35. The van der Waals surface area contributed by atoms with Crippen LogP contribution in [0.25, 0.3) is 0 Å². The van der Waals surface area contributed by atoms with E-state index in [1.54, 1.807) is 0 Å². The van der Waals surface area contributed by atoms with Gasteiger partial charge >= 0.3 is 10.2 Å². The molecule has 0 aliphatic heterocycles. The van der Waals surface area contributed by atoms with Gasteiger partial charge in [-0.1, -0.05) is 51.2 Å². The van der Waals surface area contributed by atoms with Crippen LogP contribution in [0.1, 0.15) is 44.9 Å². The summed E-state index contributed by atoms with van der Waals surface area (Å²) < 4.78 is 64.7. The average Bonchev–Trinajstić information content (AvgIpc) is 2.27. The molecule has 0 unspecified atom stereocenters. The van der Waals surface area contributed by atoms with E-state index in [0.29, 0.717) is 31.6 Å². The topological polar surface area (TPSA) is 9.23 Å². The Morgan fingerprint density at radius 1 is 0.800 bits per heavy atom. The van der Waals surface area contributed by atoms with Crippen molar-refractivity contribution in [3.05, 3.63) is 11.5 Å². The molecule has 0 aliphatic carbocycles. The molecule has 0 aromatic heterocycles. The summed E-state index contributed by atoms with van der Waals surface area (Å²) in [7, 11) is -9.35. The van der Waals surface area contributed by atoms with Gasteiger partial charge in [0.2, 0.25) is 0 Å². The highest BCUT2D eigenvalue weighted by Crippen LogP contribution is 2.98. The normalized spacial score (nSPS) is 16.3. The van der Waals surface area contributed by atoms with Gasteiger partial charge in [0.25, 0.3) is 0 Å². The van der Waals surface area contributed by atoms with Crippen molar-refractivity contribution in [2.45, 2.75) is 44.9 Å². The van der Waals surface area contributed by atoms with Crippen molar-refractivity contribution in [2.75, 3.05) is 19.1 Å². The fourth-order valence-corrected chi connectivity index (χ4v) is 2.19. The predicted molar refractivity (Wildman–Crippen MR) is 76.1 cm³/mol. The molecule has 0 amide bonds. The molecule has 0 aromatic carbocycles. The third kappa shape index (κ3) is 18.0. The molecule has 0 heterocycles. The van der Waals surface area contributed by atoms with Crippen molar-refractivity contribution in [3.63, 3.8) is 0 Å². The molecule has 0 atom stereocenters. The zero-order chi connectivity index (χ0) is 15.6. The summed E-state index contributed by atoms with van der Waals surface area (Å²) in [6.07, 6.45) is 5.58. The van der Waals surface area contributed by atoms with Crippen LogP contribution in [0.15, 0.2) is 11.5 Å². The molecule has 8 heteroatoms. The largest absolute Gasteiger partial charge is 0.380 e. The maximum atomic E-state index is 11.9. The third-order valence-electron chi connectivity index (χ3n) is 2.48. The van der Waals surface area contributed by atoms with Crippen molar-refractivity contribution < 1.29 is 24.2 Å². The Bertz CT molecular complexity index is 290. The fourth-order valence-electron chi connectivity index (χ4n) is 1.58. The van der Waals surface area contributed by atoms with E-state index in [-0.39, 0.29) is 6.42 Å². The van der Waals surface area contributed by atoms with Crippen LogP contribution in [0, 0.1) is 0 Å². The summed E-state index contributed by atoms with van der Waals surface area (Å²) in [4.78, 5) is 0. The Morgan fingerprint density at radius 3 is 1.90 bits per heavy atom. The molecule has 0 spiro atoms. The molecule has 0 aromatic rings. The van der Waals surface area contributed by atoms with Crippen LogP contribution in [-0.4, -0.2) is 19.1 Å². The Labute approximate surface area is 122 Å². The lowest BCUT2D eigenvalue weighted by Gasteiger charge is -2.36. The highest BCUT2D eigenvalue weighted by Gasteiger charge is 2.60. The molecule has 0 N–H and O–H groups in total. The van der Waals surface area contributed by atoms with Crippen molar-refractivity contribution in [1.29, 1.82) is 0 Å². The van der Waals surface area contributed by atoms with Crippen LogP contribution in [0.3, 0.4) is 0 Å². The van der Waals surface area contributed by atoms with Crippen LogP contribution < -0.4 is 0 Å². The van der Waals surface area contributed by atoms with Gasteiger partial charge < -0.3 is 4.74 Å². The number of allylic oxidation sites excluding steroid dienone is 1. The van der Waals surface area contributed by atoms with E-state index in [1.165, 1.54) is 0 Å². The first kappa shape index (κ1) is 20.0. The van der Waals surface area contributed by atoms with Gasteiger partial charge in [0.1, 0.15) is 0 Å². The first-order valence-electron chi connectivity index (χ1n) is 6.59. The van der Waals surface area contributed by atoms with E-state index < -0.39 is 15.6 Å². The smallest absolute Gasteiger partial charge is 0.304 e. The molecule has 0 saturated carbocycles. The molecule has 0 aliphatic rings. The zero-order valence-electron chi connectivity index (χ0n) is 11.3. The molecule has 1 nitrogen and oxygen atoms in total. The van der Waals surface area contributed by atoms with Crippen LogP contribution in [-0.2, 0) is 4.74 Å². The summed E-state index contributed by atoms with van der Waals surface area (Å²) in [5.41, 5.74) is 0. The second kappa shape index (κ2) is 7.84. The number of ether oxygens (including phenoxy) is 1. The van der Waals surface area contributed by atoms with Crippen molar-refractivity contribution in [2.24, 2.45) is 0 Å². The third-order valence-corrected chi connectivity index (χ3v) is 3.35. The summed E-state index contributed by atoms with van der Waals surface area (Å²) in [6.45, 7) is 1.21. The second-order valence-electron chi connectivity index (χ2n) is 4.61. The lowest BCUT2D eigenvalue weighted by atomic mass is 10.1. The Morgan fingerprint density at radius 2 is 1.35 bits per heavy atom. The highest BCUT2D eigenvalue weighted by atomic mass is 35.5. The van der Waals surface area contributed by atoms with Crippen molar-refractivity contribution in [3.8, 4) is 0 Å². The number of rotatable bonds is 12. The van der Waals surface area contributed by atoms with Gasteiger partial charge in [0, 0.05) is 12.5 Å². The van der Waals surface area contributed by atoms with E-state index >= 15 is 0 Å². The summed E-state index contributed by atoms with van der Waals surface area (Å²) >= 11 is 5.42. The lowest BCUT2D eigenvalue weighted by Crippen LogP contribution is -1.98. The molecular weight excluding hydrogens is 323 g/mol. The maximum Gasteiger partial charge on any atom is 0.304 e. The van der Waals surface area contributed by atoms with E-state index in [2.05, 4.69) is 0 Å². The maximum absolute atomic E-state index is 11.9. The first-order valence-corrected chi connectivity index (χ1v) is 9.14. The molecule has 20 heavy (non-hydrogen) atoms. The Hall–Kier alpha value is -0.0100. The number of hydrogen-bond acceptors (Lipinski definition) is 1. The van der Waals surface area contributed by atoms with Crippen molar-refractivity contribution >= 4 is 21.8 Å². The minimum Gasteiger partial charge on any atom is -0.380 e. The zero-order valence-corrected chi connectivity index (χ0v) is 12.9. The van der Waals surface area contributed by atoms with Gasteiger partial charge in [-0.2, -0.15) is 0 Å². The molecule has 0 saturated heterocycles. The predicted octanol–water partition coefficient (Wildman–Crippen LogP) is 6.78. The SMILES string of the molecule is FS(F)(F)(F)(F)/C=C/CCCCCCCCOCCCl. The number of alkyl halides is 1. The molecule has 0 bridgehead atoms. The highest BCUT2D eigenvalue weighted by molar-refractivity contribution is 8.48. The standard InChI is InChI=1S/C12H22ClF5OS/c13-9-11-19-10-7-5-3-1-2-4-6-8-12-20(14,15,16,17)18/h8,12H,1-7,9-11H2/b12-8+. The number of unbranched alkanes of at least 4 members (excludes halogenated alkanes) is 6. The van der Waals surface area contributed by atoms with E-state index in [0.717, 1.165) is 32.1 Å². The number of halogens is 6. The minimum absolute atomic E-state index is 0.0322. The van der Waals surface area contributed by atoms with Gasteiger partial charge in [0.15, 0.2) is 0 Å². The van der Waals surface area contributed by atoms with E-state index in [9.17, 15) is 19.4 Å². The summed E-state index contributed by atoms with van der Waals surface area (Å²) in [6, 6.07) is 0. The van der Waals surface area contributed by atoms with Crippen LogP contribution in [0.5, 0.6) is 0 Å². The molecule has 0 fully saturated rings. The Kier molecular flexibility index (Phi) is 7.84. The van der Waals surface area contributed by atoms with E-state index in [4.69, 9.17) is 16.3 Å². The molecule has 0 rings (SSSR count). The number of hydrogen-bond donors (Lipinski definition) is 0. The molecular formula is C12H22ClF5OS. The first-order chi connectivity index (χ1) is 9.04. The van der Waals surface area contributed by atoms with Gasteiger partial charge in [-0.3, -0.25) is 0 Å². The summed E-state index contributed by atoms with van der Waals surface area (Å²) in [5.74, 6) is 0.479. The average molecular weight is 345 g/mol. The summed E-state index contributed by atoms with van der Waals surface area (Å²) in [5, 5.41) is -0.853. The quantitative estimate of drug-likeness (QED) is 0.215. The molecule has 124 valence electrons. The van der Waals surface area contributed by atoms with Gasteiger partial charge in [0.05, 0.1) is 12.0 Å². The fraction of sp³-hybridized carbons (Fsp3) is 0.833. The van der Waals surface area contributed by atoms with E-state index in [1.807, 2.05) is 0 Å². The lowest BCUT2D eigenvalue weighted by molar-refractivity contribution is 0.144. The van der Waals surface area contributed by atoms with Gasteiger partial charge in [-0.25, -0.2) is 0 Å². The molecule has 0 radical (unpaired) electrons. The van der Waals surface area contributed by atoms with Crippen LogP contribution in [0.4, 0.5) is 19.4 Å². The van der Waals surface area contributed by atoms with Gasteiger partial charge in [-0.05, 0) is 19.3 Å². The van der Waals surface area contributed by atoms with Gasteiger partial charge in [-0.15, -0.1) is 11.6 Å². The Balaban J connectivity index is 3.41. The second-order valence-corrected chi connectivity index (χ2v) is 7.32. The van der Waals surface area contributed by atoms with Crippen LogP contribution in [0.2, 0.25) is 0 Å². The van der Waals surface area contributed by atoms with Crippen LogP contribution >= 0.6 is 21.8 Å².